The fraction of sp³-hybridized carbons (Fsp3) is 0.0769. The number of nitrogens with zero attached hydrogens (tertiary/aromatic N) is 1. The minimum Gasteiger partial charge on any atom is -0.398 e. The van der Waals surface area contributed by atoms with E-state index in [9.17, 15) is 14.5 Å². The molecular weight excluding hydrogens is 303 g/mol. The number of thioether (sulfide) groups is 1. The predicted octanol–water partition coefficient (Wildman–Crippen LogP) is 4.26. The zero-order chi connectivity index (χ0) is 14.7. The Morgan fingerprint density at radius 1 is 1.30 bits per heavy atom. The van der Waals surface area contributed by atoms with Gasteiger partial charge < -0.3 is 5.73 Å². The second-order valence-corrected chi connectivity index (χ2v) is 5.50. The number of benzene rings is 2. The topological polar surface area (TPSA) is 69.2 Å². The molecule has 4 nitrogen and oxygen atoms in total. The molecule has 0 bridgehead atoms. The van der Waals surface area contributed by atoms with Crippen molar-refractivity contribution in [3.63, 3.8) is 0 Å². The van der Waals surface area contributed by atoms with Crippen LogP contribution in [0.3, 0.4) is 0 Å². The van der Waals surface area contributed by atoms with Crippen molar-refractivity contribution in [1.29, 1.82) is 0 Å². The van der Waals surface area contributed by atoms with Crippen LogP contribution in [0.4, 0.5) is 15.8 Å². The van der Waals surface area contributed by atoms with E-state index in [0.29, 0.717) is 22.0 Å². The fourth-order valence-corrected chi connectivity index (χ4v) is 2.79. The van der Waals surface area contributed by atoms with Gasteiger partial charge in [0.1, 0.15) is 5.82 Å². The van der Waals surface area contributed by atoms with Gasteiger partial charge in [-0.2, -0.15) is 0 Å². The molecule has 2 rings (SSSR count). The number of non-ortho nitro benzene ring substituents is 1. The summed E-state index contributed by atoms with van der Waals surface area (Å²) < 4.78 is 13.3. The van der Waals surface area contributed by atoms with Gasteiger partial charge in [0.05, 0.1) is 11.0 Å². The SMILES string of the molecule is Nc1ccc(Cl)cc1SCc1cc(F)cc([N+](=O)[O-])c1. The predicted molar refractivity (Wildman–Crippen MR) is 78.5 cm³/mol. The van der Waals surface area contributed by atoms with Gasteiger partial charge in [0.15, 0.2) is 0 Å². The van der Waals surface area contributed by atoms with Crippen LogP contribution in [-0.4, -0.2) is 4.92 Å². The largest absolute Gasteiger partial charge is 0.398 e. The van der Waals surface area contributed by atoms with Crippen LogP contribution in [-0.2, 0) is 5.75 Å². The van der Waals surface area contributed by atoms with E-state index in [-0.39, 0.29) is 5.69 Å². The van der Waals surface area contributed by atoms with Crippen molar-refractivity contribution in [2.45, 2.75) is 10.6 Å². The lowest BCUT2D eigenvalue weighted by atomic mass is 10.2. The molecule has 2 aromatic carbocycles. The molecule has 0 aromatic heterocycles. The van der Waals surface area contributed by atoms with Crippen LogP contribution in [0.25, 0.3) is 0 Å². The van der Waals surface area contributed by atoms with Crippen LogP contribution in [0.5, 0.6) is 0 Å². The second-order valence-electron chi connectivity index (χ2n) is 4.05. The van der Waals surface area contributed by atoms with E-state index in [1.54, 1.807) is 18.2 Å². The van der Waals surface area contributed by atoms with Gasteiger partial charge in [-0.3, -0.25) is 10.1 Å². The second kappa shape index (κ2) is 6.11. The number of rotatable bonds is 4. The monoisotopic (exact) mass is 312 g/mol. The van der Waals surface area contributed by atoms with E-state index in [0.717, 1.165) is 11.0 Å². The highest BCUT2D eigenvalue weighted by Gasteiger charge is 2.10. The molecule has 0 unspecified atom stereocenters. The molecule has 0 amide bonds. The van der Waals surface area contributed by atoms with Crippen molar-refractivity contribution >= 4 is 34.7 Å². The molecule has 0 fully saturated rings. The molecule has 0 atom stereocenters. The number of nitrogen functional groups attached to an aromatic ring is 1. The number of nitro benzene ring substituents is 1. The maximum absolute atomic E-state index is 13.3. The number of nitro groups is 1. The smallest absolute Gasteiger partial charge is 0.272 e. The summed E-state index contributed by atoms with van der Waals surface area (Å²) in [6.45, 7) is 0. The highest BCUT2D eigenvalue weighted by molar-refractivity contribution is 7.98. The highest BCUT2D eigenvalue weighted by Crippen LogP contribution is 2.31. The minimum atomic E-state index is -0.631. The fourth-order valence-electron chi connectivity index (χ4n) is 1.62. The van der Waals surface area contributed by atoms with E-state index in [1.165, 1.54) is 23.9 Å². The molecule has 0 heterocycles. The van der Waals surface area contributed by atoms with Crippen LogP contribution >= 0.6 is 23.4 Å². The van der Waals surface area contributed by atoms with Crippen molar-refractivity contribution in [3.05, 3.63) is 62.9 Å². The molecule has 2 N–H and O–H groups in total. The Bertz CT molecular complexity index is 667. The van der Waals surface area contributed by atoms with Crippen LogP contribution in [0.15, 0.2) is 41.3 Å². The first kappa shape index (κ1) is 14.6. The van der Waals surface area contributed by atoms with Crippen LogP contribution in [0.1, 0.15) is 5.56 Å². The lowest BCUT2D eigenvalue weighted by Crippen LogP contribution is -1.93. The first-order chi connectivity index (χ1) is 9.45. The summed E-state index contributed by atoms with van der Waals surface area (Å²) in [6.07, 6.45) is 0. The third-order valence-corrected chi connectivity index (χ3v) is 3.90. The van der Waals surface area contributed by atoms with Gasteiger partial charge in [-0.05, 0) is 29.8 Å². The quantitative estimate of drug-likeness (QED) is 0.396. The Hall–Kier alpha value is -1.79. The number of hydrogen-bond acceptors (Lipinski definition) is 4. The summed E-state index contributed by atoms with van der Waals surface area (Å²) in [5.74, 6) is -0.266. The average Bonchev–Trinajstić information content (AvgIpc) is 2.39. The molecule has 0 aliphatic carbocycles. The highest BCUT2D eigenvalue weighted by atomic mass is 35.5. The summed E-state index contributed by atoms with van der Waals surface area (Å²) in [7, 11) is 0. The minimum absolute atomic E-state index is 0.264. The lowest BCUT2D eigenvalue weighted by molar-refractivity contribution is -0.385. The van der Waals surface area contributed by atoms with Gasteiger partial charge in [-0.1, -0.05) is 11.6 Å². The van der Waals surface area contributed by atoms with E-state index >= 15 is 0 Å². The van der Waals surface area contributed by atoms with Crippen molar-refractivity contribution in [2.75, 3.05) is 5.73 Å². The lowest BCUT2D eigenvalue weighted by Gasteiger charge is -2.06. The molecule has 2 aromatic rings. The molecule has 0 aliphatic rings. The van der Waals surface area contributed by atoms with E-state index in [1.807, 2.05) is 0 Å². The first-order valence-electron chi connectivity index (χ1n) is 5.57. The maximum atomic E-state index is 13.3. The molecule has 20 heavy (non-hydrogen) atoms. The third-order valence-electron chi connectivity index (χ3n) is 2.52. The van der Waals surface area contributed by atoms with E-state index in [4.69, 9.17) is 17.3 Å². The molecule has 0 saturated carbocycles. The number of halogens is 2. The van der Waals surface area contributed by atoms with Crippen LogP contribution in [0.2, 0.25) is 5.02 Å². The Labute approximate surface area is 123 Å². The average molecular weight is 313 g/mol. The van der Waals surface area contributed by atoms with E-state index in [2.05, 4.69) is 0 Å². The Morgan fingerprint density at radius 2 is 2.05 bits per heavy atom. The van der Waals surface area contributed by atoms with Gasteiger partial charge in [0.25, 0.3) is 5.69 Å². The summed E-state index contributed by atoms with van der Waals surface area (Å²) >= 11 is 7.22. The third kappa shape index (κ3) is 3.61. The number of hydrogen-bond donors (Lipinski definition) is 1. The summed E-state index contributed by atoms with van der Waals surface area (Å²) in [5, 5.41) is 11.2. The van der Waals surface area contributed by atoms with Gasteiger partial charge in [0.2, 0.25) is 0 Å². The molecular formula is C13H10ClFN2O2S. The van der Waals surface area contributed by atoms with Gasteiger partial charge >= 0.3 is 0 Å². The van der Waals surface area contributed by atoms with E-state index < -0.39 is 10.7 Å². The number of anilines is 1. The first-order valence-corrected chi connectivity index (χ1v) is 6.94. The van der Waals surface area contributed by atoms with Gasteiger partial charge in [-0.25, -0.2) is 4.39 Å². The zero-order valence-electron chi connectivity index (χ0n) is 10.2. The Kier molecular flexibility index (Phi) is 4.46. The van der Waals surface area contributed by atoms with Crippen molar-refractivity contribution in [2.24, 2.45) is 0 Å². The van der Waals surface area contributed by atoms with Gasteiger partial charge in [0, 0.05) is 27.4 Å². The van der Waals surface area contributed by atoms with Crippen molar-refractivity contribution in [1.82, 2.24) is 0 Å². The van der Waals surface area contributed by atoms with Crippen molar-refractivity contribution in [3.8, 4) is 0 Å². The molecule has 104 valence electrons. The molecule has 0 aliphatic heterocycles. The Morgan fingerprint density at radius 3 is 2.75 bits per heavy atom. The maximum Gasteiger partial charge on any atom is 0.272 e. The summed E-state index contributed by atoms with van der Waals surface area (Å²) in [6, 6.07) is 8.56. The van der Waals surface area contributed by atoms with Crippen molar-refractivity contribution < 1.29 is 9.31 Å². The summed E-state index contributed by atoms with van der Waals surface area (Å²) in [5.41, 5.74) is 6.61. The standard InChI is InChI=1S/C13H10ClFN2O2S/c14-9-1-2-12(16)13(5-9)20-7-8-3-10(15)6-11(4-8)17(18)19/h1-6H,7,16H2. The molecule has 7 heteroatoms. The van der Waals surface area contributed by atoms with Crippen LogP contribution in [0, 0.1) is 15.9 Å². The normalized spacial score (nSPS) is 10.5. The molecule has 0 radical (unpaired) electrons. The number of nitrogens with two attached hydrogens (primary N) is 1. The molecule has 0 spiro atoms. The zero-order valence-corrected chi connectivity index (χ0v) is 11.7. The Balaban J connectivity index is 2.18. The molecule has 0 saturated heterocycles. The van der Waals surface area contributed by atoms with Gasteiger partial charge in [-0.15, -0.1) is 11.8 Å². The van der Waals surface area contributed by atoms with Crippen LogP contribution < -0.4 is 5.73 Å². The summed E-state index contributed by atoms with van der Waals surface area (Å²) in [4.78, 5) is 10.8.